The lowest BCUT2D eigenvalue weighted by Crippen LogP contribution is -1.89. The van der Waals surface area contributed by atoms with Gasteiger partial charge in [-0.25, -0.2) is 0 Å². The van der Waals surface area contributed by atoms with Crippen LogP contribution >= 0.6 is 0 Å². The Morgan fingerprint density at radius 1 is 0.737 bits per heavy atom. The Labute approximate surface area is 113 Å². The predicted octanol–water partition coefficient (Wildman–Crippen LogP) is 5.01. The van der Waals surface area contributed by atoms with E-state index in [0.29, 0.717) is 0 Å². The first-order chi connectivity index (χ1) is 9.38. The fourth-order valence-electron chi connectivity index (χ4n) is 2.26. The lowest BCUT2D eigenvalue weighted by Gasteiger charge is -2.11. The summed E-state index contributed by atoms with van der Waals surface area (Å²) in [7, 11) is 0. The molecule has 93 valence electrons. The van der Waals surface area contributed by atoms with Gasteiger partial charge in [0, 0.05) is 5.39 Å². The Morgan fingerprint density at radius 2 is 1.42 bits per heavy atom. The number of hydrogen-bond acceptors (Lipinski definition) is 1. The maximum absolute atomic E-state index is 5.97. The zero-order valence-electron chi connectivity index (χ0n) is 10.7. The number of fused-ring (bicyclic) bond motifs is 1. The third-order valence-electron chi connectivity index (χ3n) is 3.21. The fraction of sp³-hybridized carbons (Fsp3) is 0.0556. The monoisotopic (exact) mass is 247 g/mol. The van der Waals surface area contributed by atoms with E-state index in [4.69, 9.17) is 4.74 Å². The van der Waals surface area contributed by atoms with Crippen molar-refractivity contribution in [1.82, 2.24) is 0 Å². The largest absolute Gasteiger partial charge is 0.457 e. The molecule has 0 saturated carbocycles. The zero-order valence-corrected chi connectivity index (χ0v) is 10.7. The highest BCUT2D eigenvalue weighted by Gasteiger charge is 2.06. The van der Waals surface area contributed by atoms with Crippen LogP contribution in [0.25, 0.3) is 10.8 Å². The summed E-state index contributed by atoms with van der Waals surface area (Å²) in [5.74, 6) is 1.74. The first kappa shape index (κ1) is 11.8. The number of ether oxygens (including phenoxy) is 1. The van der Waals surface area contributed by atoms with Crippen molar-refractivity contribution in [2.75, 3.05) is 0 Å². The highest BCUT2D eigenvalue weighted by molar-refractivity contribution is 5.91. The topological polar surface area (TPSA) is 9.23 Å². The molecule has 0 amide bonds. The molecule has 1 heteroatoms. The van der Waals surface area contributed by atoms with Crippen molar-refractivity contribution in [3.63, 3.8) is 0 Å². The molecular formula is C18H15O. The summed E-state index contributed by atoms with van der Waals surface area (Å²) in [5, 5.41) is 2.35. The van der Waals surface area contributed by atoms with E-state index in [1.165, 1.54) is 10.9 Å². The molecule has 0 aliphatic carbocycles. The van der Waals surface area contributed by atoms with Gasteiger partial charge in [0.1, 0.15) is 11.5 Å². The lowest BCUT2D eigenvalue weighted by atomic mass is 10.0. The summed E-state index contributed by atoms with van der Waals surface area (Å²) < 4.78 is 5.97. The molecule has 3 aromatic carbocycles. The Hall–Kier alpha value is -2.28. The van der Waals surface area contributed by atoms with Crippen molar-refractivity contribution in [1.29, 1.82) is 0 Å². The minimum atomic E-state index is 0.784. The molecule has 0 saturated heterocycles. The Balaban J connectivity index is 2.10. The molecule has 0 atom stereocenters. The van der Waals surface area contributed by atoms with Crippen LogP contribution in [0.1, 0.15) is 5.56 Å². The van der Waals surface area contributed by atoms with Crippen LogP contribution in [0, 0.1) is 6.92 Å². The van der Waals surface area contributed by atoms with Crippen LogP contribution in [0.3, 0.4) is 0 Å². The second-order valence-corrected chi connectivity index (χ2v) is 4.43. The lowest BCUT2D eigenvalue weighted by molar-refractivity contribution is 0.488. The number of para-hydroxylation sites is 1. The molecule has 3 rings (SSSR count). The molecule has 0 aromatic heterocycles. The van der Waals surface area contributed by atoms with E-state index in [2.05, 4.69) is 25.1 Å². The quantitative estimate of drug-likeness (QED) is 0.632. The maximum Gasteiger partial charge on any atom is 0.135 e. The fourth-order valence-corrected chi connectivity index (χ4v) is 2.26. The molecule has 0 fully saturated rings. The van der Waals surface area contributed by atoms with Crippen LogP contribution in [0.5, 0.6) is 11.5 Å². The Bertz CT molecular complexity index is 686. The summed E-state index contributed by atoms with van der Waals surface area (Å²) in [5.41, 5.74) is 1.25. The minimum absolute atomic E-state index is 0.784. The summed E-state index contributed by atoms with van der Waals surface area (Å²) in [6.07, 6.45) is 0.784. The van der Waals surface area contributed by atoms with Crippen molar-refractivity contribution in [3.05, 3.63) is 79.2 Å². The Kier molecular flexibility index (Phi) is 3.20. The molecule has 19 heavy (non-hydrogen) atoms. The van der Waals surface area contributed by atoms with Gasteiger partial charge in [0.25, 0.3) is 0 Å². The van der Waals surface area contributed by atoms with Gasteiger partial charge in [-0.15, -0.1) is 0 Å². The van der Waals surface area contributed by atoms with Crippen LogP contribution in [-0.4, -0.2) is 0 Å². The zero-order chi connectivity index (χ0) is 13.1. The van der Waals surface area contributed by atoms with Gasteiger partial charge in [-0.05, 0) is 42.5 Å². The van der Waals surface area contributed by atoms with Crippen LogP contribution in [0.2, 0.25) is 0 Å². The van der Waals surface area contributed by atoms with Gasteiger partial charge in [-0.2, -0.15) is 0 Å². The molecule has 0 spiro atoms. The first-order valence-electron chi connectivity index (χ1n) is 6.41. The Morgan fingerprint density at radius 3 is 2.16 bits per heavy atom. The third-order valence-corrected chi connectivity index (χ3v) is 3.21. The summed E-state index contributed by atoms with van der Waals surface area (Å²) >= 11 is 0. The maximum atomic E-state index is 5.97. The van der Waals surface area contributed by atoms with Crippen molar-refractivity contribution < 1.29 is 4.74 Å². The first-order valence-corrected chi connectivity index (χ1v) is 6.41. The van der Waals surface area contributed by atoms with Gasteiger partial charge >= 0.3 is 0 Å². The average molecular weight is 247 g/mol. The molecule has 0 unspecified atom stereocenters. The van der Waals surface area contributed by atoms with E-state index in [1.54, 1.807) is 0 Å². The SMILES string of the molecule is [CH2]Cc1ccc(Oc2ccccc2)c2ccccc12. The molecule has 3 aromatic rings. The van der Waals surface area contributed by atoms with Gasteiger partial charge < -0.3 is 4.74 Å². The van der Waals surface area contributed by atoms with Crippen molar-refractivity contribution in [2.24, 2.45) is 0 Å². The van der Waals surface area contributed by atoms with Gasteiger partial charge in [-0.3, -0.25) is 0 Å². The highest BCUT2D eigenvalue weighted by Crippen LogP contribution is 2.32. The van der Waals surface area contributed by atoms with Crippen LogP contribution in [-0.2, 0) is 6.42 Å². The van der Waals surface area contributed by atoms with E-state index >= 15 is 0 Å². The summed E-state index contributed by atoms with van der Waals surface area (Å²) in [6.45, 7) is 3.98. The molecule has 0 N–H and O–H groups in total. The second kappa shape index (κ2) is 5.15. The number of rotatable bonds is 3. The average Bonchev–Trinajstić information content (AvgIpc) is 2.49. The predicted molar refractivity (Wildman–Crippen MR) is 79.5 cm³/mol. The number of benzene rings is 3. The van der Waals surface area contributed by atoms with Crippen molar-refractivity contribution >= 4 is 10.8 Å². The smallest absolute Gasteiger partial charge is 0.135 e. The molecule has 0 aliphatic heterocycles. The highest BCUT2D eigenvalue weighted by atomic mass is 16.5. The van der Waals surface area contributed by atoms with Crippen LogP contribution < -0.4 is 4.74 Å². The molecule has 1 nitrogen and oxygen atoms in total. The molecule has 0 aliphatic rings. The van der Waals surface area contributed by atoms with Gasteiger partial charge in [-0.1, -0.05) is 48.5 Å². The molecule has 0 heterocycles. The van der Waals surface area contributed by atoms with E-state index in [9.17, 15) is 0 Å². The minimum Gasteiger partial charge on any atom is -0.457 e. The van der Waals surface area contributed by atoms with E-state index in [-0.39, 0.29) is 0 Å². The van der Waals surface area contributed by atoms with E-state index in [0.717, 1.165) is 23.3 Å². The normalized spacial score (nSPS) is 10.6. The number of hydrogen-bond donors (Lipinski definition) is 0. The van der Waals surface area contributed by atoms with Crippen molar-refractivity contribution in [2.45, 2.75) is 6.42 Å². The van der Waals surface area contributed by atoms with Crippen molar-refractivity contribution in [3.8, 4) is 11.5 Å². The second-order valence-electron chi connectivity index (χ2n) is 4.43. The summed E-state index contributed by atoms with van der Waals surface area (Å²) in [6, 6.07) is 22.3. The summed E-state index contributed by atoms with van der Waals surface area (Å²) in [4.78, 5) is 0. The molecule has 1 radical (unpaired) electrons. The third kappa shape index (κ3) is 2.32. The van der Waals surface area contributed by atoms with E-state index < -0.39 is 0 Å². The standard InChI is InChI=1S/C18H15O/c1-2-14-12-13-18(17-11-7-6-10-16(14)17)19-15-8-4-3-5-9-15/h3-13H,1-2H2. The van der Waals surface area contributed by atoms with Gasteiger partial charge in [0.2, 0.25) is 0 Å². The molecule has 0 bridgehead atoms. The van der Waals surface area contributed by atoms with Crippen LogP contribution in [0.4, 0.5) is 0 Å². The molecular weight excluding hydrogens is 232 g/mol. The van der Waals surface area contributed by atoms with Crippen LogP contribution in [0.15, 0.2) is 66.7 Å². The van der Waals surface area contributed by atoms with E-state index in [1.807, 2.05) is 48.5 Å². The van der Waals surface area contributed by atoms with Gasteiger partial charge in [0.15, 0.2) is 0 Å². The van der Waals surface area contributed by atoms with Gasteiger partial charge in [0.05, 0.1) is 0 Å².